The molecule has 3 rings (SSSR count). The Bertz CT molecular complexity index is 704. The standard InChI is InChI=1S/C14H17N3O3S/c1-10(18)15-11-6-8-17(9-7-11)14-12-4-2-3-5-13(12)21(19,20)16-14/h2-5,11H,6-9H2,1H3,(H,15,18). The third-order valence-electron chi connectivity index (χ3n) is 3.81. The van der Waals surface area contributed by atoms with Crippen LogP contribution in [-0.2, 0) is 14.8 Å². The number of carbonyl (C=O) groups excluding carboxylic acids is 1. The highest BCUT2D eigenvalue weighted by molar-refractivity contribution is 7.90. The van der Waals surface area contributed by atoms with E-state index in [-0.39, 0.29) is 16.8 Å². The molecule has 0 saturated carbocycles. The molecule has 0 aromatic heterocycles. The second-order valence-electron chi connectivity index (χ2n) is 5.35. The van der Waals surface area contributed by atoms with Crippen molar-refractivity contribution >= 4 is 21.8 Å². The number of sulfonamides is 1. The summed E-state index contributed by atoms with van der Waals surface area (Å²) in [6, 6.07) is 7.06. The van der Waals surface area contributed by atoms with Crippen molar-refractivity contribution in [1.82, 2.24) is 10.2 Å². The molecule has 112 valence electrons. The van der Waals surface area contributed by atoms with Gasteiger partial charge >= 0.3 is 0 Å². The minimum atomic E-state index is -3.56. The average Bonchev–Trinajstić information content (AvgIpc) is 2.72. The molecule has 0 radical (unpaired) electrons. The van der Waals surface area contributed by atoms with Gasteiger partial charge < -0.3 is 10.2 Å². The maximum atomic E-state index is 12.0. The normalized spacial score (nSPS) is 20.8. The molecule has 1 amide bonds. The molecule has 1 N–H and O–H groups in total. The lowest BCUT2D eigenvalue weighted by Crippen LogP contribution is -2.46. The number of hydrogen-bond acceptors (Lipinski definition) is 4. The predicted molar refractivity (Wildman–Crippen MR) is 78.6 cm³/mol. The van der Waals surface area contributed by atoms with Crippen LogP contribution in [0.1, 0.15) is 25.3 Å². The Morgan fingerprint density at radius 2 is 1.95 bits per heavy atom. The lowest BCUT2D eigenvalue weighted by Gasteiger charge is -2.33. The molecule has 1 aromatic carbocycles. The third-order valence-corrected chi connectivity index (χ3v) is 5.14. The fraction of sp³-hybridized carbons (Fsp3) is 0.429. The molecule has 2 aliphatic heterocycles. The van der Waals surface area contributed by atoms with Crippen molar-refractivity contribution in [2.24, 2.45) is 4.40 Å². The molecule has 21 heavy (non-hydrogen) atoms. The van der Waals surface area contributed by atoms with Gasteiger partial charge in [-0.05, 0) is 25.0 Å². The molecule has 2 aliphatic rings. The number of likely N-dealkylation sites (tertiary alicyclic amines) is 1. The van der Waals surface area contributed by atoms with E-state index in [1.165, 1.54) is 6.92 Å². The minimum absolute atomic E-state index is 0.0282. The molecule has 0 spiro atoms. The van der Waals surface area contributed by atoms with E-state index in [1.807, 2.05) is 11.0 Å². The van der Waals surface area contributed by atoms with Crippen LogP contribution in [-0.4, -0.2) is 44.2 Å². The molecule has 1 fully saturated rings. The summed E-state index contributed by atoms with van der Waals surface area (Å²) < 4.78 is 28.0. The topological polar surface area (TPSA) is 78.8 Å². The van der Waals surface area contributed by atoms with E-state index >= 15 is 0 Å². The molecule has 0 bridgehead atoms. The zero-order chi connectivity index (χ0) is 15.0. The molecule has 0 atom stereocenters. The van der Waals surface area contributed by atoms with Crippen molar-refractivity contribution in [3.63, 3.8) is 0 Å². The Balaban J connectivity index is 1.79. The van der Waals surface area contributed by atoms with Gasteiger partial charge in [-0.2, -0.15) is 8.42 Å². The zero-order valence-electron chi connectivity index (χ0n) is 11.7. The second-order valence-corrected chi connectivity index (χ2v) is 6.92. The number of benzene rings is 1. The summed E-state index contributed by atoms with van der Waals surface area (Å²) in [6.07, 6.45) is 1.58. The maximum absolute atomic E-state index is 12.0. The molecule has 2 heterocycles. The van der Waals surface area contributed by atoms with Crippen molar-refractivity contribution in [3.8, 4) is 0 Å². The zero-order valence-corrected chi connectivity index (χ0v) is 12.6. The Morgan fingerprint density at radius 3 is 2.62 bits per heavy atom. The SMILES string of the molecule is CC(=O)NC1CCN(C2=NS(=O)(=O)c3ccccc32)CC1. The van der Waals surface area contributed by atoms with Crippen molar-refractivity contribution < 1.29 is 13.2 Å². The van der Waals surface area contributed by atoms with E-state index in [0.29, 0.717) is 24.5 Å². The maximum Gasteiger partial charge on any atom is 0.285 e. The quantitative estimate of drug-likeness (QED) is 0.830. The first-order chi connectivity index (χ1) is 9.97. The van der Waals surface area contributed by atoms with Gasteiger partial charge in [0, 0.05) is 31.6 Å². The van der Waals surface area contributed by atoms with Crippen molar-refractivity contribution in [2.75, 3.05) is 13.1 Å². The van der Waals surface area contributed by atoms with Crippen LogP contribution in [0.15, 0.2) is 33.6 Å². The lowest BCUT2D eigenvalue weighted by molar-refractivity contribution is -0.119. The van der Waals surface area contributed by atoms with E-state index in [1.54, 1.807) is 18.2 Å². The molecular weight excluding hydrogens is 290 g/mol. The number of amides is 1. The van der Waals surface area contributed by atoms with Crippen LogP contribution in [0.25, 0.3) is 0 Å². The van der Waals surface area contributed by atoms with Gasteiger partial charge in [0.05, 0.1) is 0 Å². The second kappa shape index (κ2) is 5.14. The Kier molecular flexibility index (Phi) is 3.44. The molecule has 6 nitrogen and oxygen atoms in total. The van der Waals surface area contributed by atoms with Crippen molar-refractivity contribution in [1.29, 1.82) is 0 Å². The lowest BCUT2D eigenvalue weighted by atomic mass is 10.0. The van der Waals surface area contributed by atoms with Crippen LogP contribution in [0.3, 0.4) is 0 Å². The Morgan fingerprint density at radius 1 is 1.29 bits per heavy atom. The molecule has 0 unspecified atom stereocenters. The van der Waals surface area contributed by atoms with Gasteiger partial charge in [-0.15, -0.1) is 4.40 Å². The highest BCUT2D eigenvalue weighted by atomic mass is 32.2. The van der Waals surface area contributed by atoms with Crippen LogP contribution >= 0.6 is 0 Å². The summed E-state index contributed by atoms with van der Waals surface area (Å²) in [6.45, 7) is 2.89. The number of rotatable bonds is 1. The first-order valence-corrected chi connectivity index (χ1v) is 8.38. The molecule has 0 aliphatic carbocycles. The van der Waals surface area contributed by atoms with E-state index in [9.17, 15) is 13.2 Å². The first-order valence-electron chi connectivity index (χ1n) is 6.94. The summed E-state index contributed by atoms with van der Waals surface area (Å²) in [5.41, 5.74) is 0.676. The van der Waals surface area contributed by atoms with Crippen LogP contribution < -0.4 is 5.32 Å². The van der Waals surface area contributed by atoms with Gasteiger partial charge in [0.2, 0.25) is 5.91 Å². The summed E-state index contributed by atoms with van der Waals surface area (Å²) in [5, 5.41) is 2.90. The number of piperidine rings is 1. The van der Waals surface area contributed by atoms with Gasteiger partial charge in [-0.1, -0.05) is 12.1 Å². The number of nitrogens with one attached hydrogen (secondary N) is 1. The average molecular weight is 307 g/mol. The fourth-order valence-corrected chi connectivity index (χ4v) is 4.07. The molecule has 1 saturated heterocycles. The third kappa shape index (κ3) is 2.65. The van der Waals surface area contributed by atoms with Crippen LogP contribution in [0.4, 0.5) is 0 Å². The van der Waals surface area contributed by atoms with Crippen LogP contribution in [0.5, 0.6) is 0 Å². The number of hydrogen-bond donors (Lipinski definition) is 1. The van der Waals surface area contributed by atoms with Gasteiger partial charge in [0.25, 0.3) is 10.0 Å². The van der Waals surface area contributed by atoms with Gasteiger partial charge in [-0.25, -0.2) is 0 Å². The smallest absolute Gasteiger partial charge is 0.285 e. The van der Waals surface area contributed by atoms with Crippen LogP contribution in [0.2, 0.25) is 0 Å². The van der Waals surface area contributed by atoms with Gasteiger partial charge in [0.15, 0.2) is 5.84 Å². The highest BCUT2D eigenvalue weighted by Gasteiger charge is 2.33. The van der Waals surface area contributed by atoms with E-state index < -0.39 is 10.0 Å². The van der Waals surface area contributed by atoms with Crippen molar-refractivity contribution in [3.05, 3.63) is 29.8 Å². The largest absolute Gasteiger partial charge is 0.355 e. The Labute approximate surface area is 123 Å². The predicted octanol–water partition coefficient (Wildman–Crippen LogP) is 0.736. The summed E-state index contributed by atoms with van der Waals surface area (Å²) >= 11 is 0. The summed E-state index contributed by atoms with van der Waals surface area (Å²) in [5.74, 6) is 0.506. The minimum Gasteiger partial charge on any atom is -0.355 e. The van der Waals surface area contributed by atoms with Crippen molar-refractivity contribution in [2.45, 2.75) is 30.7 Å². The van der Waals surface area contributed by atoms with Gasteiger partial charge in [0.1, 0.15) is 4.90 Å². The summed E-state index contributed by atoms with van der Waals surface area (Å²) in [7, 11) is -3.56. The number of carbonyl (C=O) groups is 1. The monoisotopic (exact) mass is 307 g/mol. The van der Waals surface area contributed by atoms with Gasteiger partial charge in [-0.3, -0.25) is 4.79 Å². The molecular formula is C14H17N3O3S. The molecule has 7 heteroatoms. The van der Waals surface area contributed by atoms with E-state index in [2.05, 4.69) is 9.71 Å². The summed E-state index contributed by atoms with van der Waals surface area (Å²) in [4.78, 5) is 13.3. The first kappa shape index (κ1) is 14.1. The number of amidine groups is 1. The fourth-order valence-electron chi connectivity index (χ4n) is 2.84. The Hall–Kier alpha value is -1.89. The van der Waals surface area contributed by atoms with E-state index in [4.69, 9.17) is 0 Å². The van der Waals surface area contributed by atoms with E-state index in [0.717, 1.165) is 12.8 Å². The van der Waals surface area contributed by atoms with Crippen LogP contribution in [0, 0.1) is 0 Å². The number of fused-ring (bicyclic) bond motifs is 1. The molecule has 1 aromatic rings. The highest BCUT2D eigenvalue weighted by Crippen LogP contribution is 2.28. The number of nitrogens with zero attached hydrogens (tertiary/aromatic N) is 2.